The lowest BCUT2D eigenvalue weighted by Gasteiger charge is -2.07. The summed E-state index contributed by atoms with van der Waals surface area (Å²) in [5.74, 6) is 2.43. The van der Waals surface area contributed by atoms with E-state index >= 15 is 0 Å². The van der Waals surface area contributed by atoms with Crippen LogP contribution in [0.5, 0.6) is 5.75 Å². The highest BCUT2D eigenvalue weighted by atomic mass is 16.5. The van der Waals surface area contributed by atoms with Gasteiger partial charge in [-0.1, -0.05) is 39.3 Å². The molecule has 0 saturated heterocycles. The van der Waals surface area contributed by atoms with Crippen LogP contribution in [0.4, 0.5) is 0 Å². The maximum Gasteiger partial charge on any atom is 0.119 e. The third kappa shape index (κ3) is 4.87. The Kier molecular flexibility index (Phi) is 5.23. The van der Waals surface area contributed by atoms with E-state index in [0.717, 1.165) is 25.2 Å². The van der Waals surface area contributed by atoms with Crippen LogP contribution in [0.25, 0.3) is 0 Å². The molecule has 0 unspecified atom stereocenters. The molecule has 1 rings (SSSR count). The molecule has 15 heavy (non-hydrogen) atoms. The van der Waals surface area contributed by atoms with Crippen molar-refractivity contribution in [1.29, 1.82) is 0 Å². The first kappa shape index (κ1) is 12.1. The zero-order valence-corrected chi connectivity index (χ0v) is 10.0. The summed E-state index contributed by atoms with van der Waals surface area (Å²) in [6.45, 7) is 7.32. The maximum absolute atomic E-state index is 5.60. The first-order valence-electron chi connectivity index (χ1n) is 5.73. The fraction of sp³-hybridized carbons (Fsp3) is 0.500. The molecule has 0 saturated carbocycles. The summed E-state index contributed by atoms with van der Waals surface area (Å²) in [7, 11) is 0. The molecule has 1 aromatic rings. The van der Waals surface area contributed by atoms with E-state index in [1.807, 2.05) is 0 Å². The molecule has 0 fully saturated rings. The fourth-order valence-corrected chi connectivity index (χ4v) is 1.45. The van der Waals surface area contributed by atoms with Gasteiger partial charge in [-0.3, -0.25) is 0 Å². The summed E-state index contributed by atoms with van der Waals surface area (Å²) in [4.78, 5) is 0. The Balaban J connectivity index is 2.42. The molecule has 0 N–H and O–H groups in total. The first-order valence-corrected chi connectivity index (χ1v) is 5.73. The molecule has 0 heterocycles. The van der Waals surface area contributed by atoms with E-state index in [9.17, 15) is 0 Å². The smallest absolute Gasteiger partial charge is 0.119 e. The van der Waals surface area contributed by atoms with E-state index in [1.165, 1.54) is 17.9 Å². The standard InChI is InChI=1S/C14H21O/c1-4-5-10-15-14-8-6-13(7-9-14)11-12(2)3/h6-9H,4-5,10-11H2,1-3H3. The Bertz CT molecular complexity index is 261. The summed E-state index contributed by atoms with van der Waals surface area (Å²) in [6, 6.07) is 8.42. The molecule has 1 nitrogen and oxygen atoms in total. The molecule has 0 spiro atoms. The molecule has 0 aliphatic carbocycles. The van der Waals surface area contributed by atoms with Crippen molar-refractivity contribution in [3.8, 4) is 5.75 Å². The van der Waals surface area contributed by atoms with E-state index in [2.05, 4.69) is 45.0 Å². The van der Waals surface area contributed by atoms with E-state index in [4.69, 9.17) is 4.74 Å². The van der Waals surface area contributed by atoms with Crippen molar-refractivity contribution in [2.45, 2.75) is 40.0 Å². The summed E-state index contributed by atoms with van der Waals surface area (Å²) >= 11 is 0. The highest BCUT2D eigenvalue weighted by Crippen LogP contribution is 2.15. The Hall–Kier alpha value is -0.980. The van der Waals surface area contributed by atoms with E-state index in [-0.39, 0.29) is 0 Å². The van der Waals surface area contributed by atoms with Gasteiger partial charge in [0.25, 0.3) is 0 Å². The van der Waals surface area contributed by atoms with Gasteiger partial charge in [-0.25, -0.2) is 0 Å². The second-order valence-corrected chi connectivity index (χ2v) is 4.23. The molecular weight excluding hydrogens is 184 g/mol. The average Bonchev–Trinajstić information content (AvgIpc) is 2.20. The van der Waals surface area contributed by atoms with Crippen LogP contribution in [0.3, 0.4) is 0 Å². The molecule has 0 aromatic heterocycles. The Morgan fingerprint density at radius 2 is 1.80 bits per heavy atom. The van der Waals surface area contributed by atoms with Gasteiger partial charge in [-0.15, -0.1) is 0 Å². The van der Waals surface area contributed by atoms with Gasteiger partial charge < -0.3 is 4.74 Å². The van der Waals surface area contributed by atoms with Crippen molar-refractivity contribution in [2.75, 3.05) is 6.61 Å². The third-order valence-electron chi connectivity index (χ3n) is 2.25. The lowest BCUT2D eigenvalue weighted by molar-refractivity contribution is 0.309. The topological polar surface area (TPSA) is 9.23 Å². The van der Waals surface area contributed by atoms with Gasteiger partial charge in [-0.05, 0) is 36.5 Å². The minimum absolute atomic E-state index is 0.828. The number of hydrogen-bond acceptors (Lipinski definition) is 1. The number of benzene rings is 1. The Morgan fingerprint density at radius 3 is 2.33 bits per heavy atom. The van der Waals surface area contributed by atoms with E-state index in [1.54, 1.807) is 0 Å². The quantitative estimate of drug-likeness (QED) is 0.637. The molecule has 1 aromatic carbocycles. The van der Waals surface area contributed by atoms with Crippen LogP contribution in [0.1, 0.15) is 39.2 Å². The third-order valence-corrected chi connectivity index (χ3v) is 2.25. The molecule has 0 aliphatic rings. The molecule has 83 valence electrons. The van der Waals surface area contributed by atoms with Gasteiger partial charge in [0.2, 0.25) is 0 Å². The van der Waals surface area contributed by atoms with E-state index in [0.29, 0.717) is 0 Å². The number of rotatable bonds is 6. The summed E-state index contributed by atoms with van der Waals surface area (Å²) < 4.78 is 5.60. The van der Waals surface area contributed by atoms with Gasteiger partial charge in [0, 0.05) is 0 Å². The van der Waals surface area contributed by atoms with Crippen LogP contribution in [0, 0.1) is 5.92 Å². The molecule has 0 aliphatic heterocycles. The SMILES string of the molecule is CCCCOc1ccc(C[C](C)C)cc1. The van der Waals surface area contributed by atoms with Crippen LogP contribution in [-0.4, -0.2) is 6.61 Å². The second-order valence-electron chi connectivity index (χ2n) is 4.23. The number of unbranched alkanes of at least 4 members (excludes halogenated alkanes) is 1. The van der Waals surface area contributed by atoms with Crippen molar-refractivity contribution in [2.24, 2.45) is 0 Å². The first-order chi connectivity index (χ1) is 7.22. The minimum atomic E-state index is 0.828. The Labute approximate surface area is 93.5 Å². The molecule has 0 atom stereocenters. The van der Waals surface area contributed by atoms with Gasteiger partial charge in [0.15, 0.2) is 0 Å². The van der Waals surface area contributed by atoms with Crippen LogP contribution in [0.2, 0.25) is 0 Å². The summed E-state index contributed by atoms with van der Waals surface area (Å²) in [5, 5.41) is 0. The van der Waals surface area contributed by atoms with Crippen LogP contribution < -0.4 is 4.74 Å². The highest BCUT2D eigenvalue weighted by Gasteiger charge is 1.98. The van der Waals surface area contributed by atoms with Gasteiger partial charge in [0.1, 0.15) is 5.75 Å². The monoisotopic (exact) mass is 205 g/mol. The van der Waals surface area contributed by atoms with Crippen LogP contribution in [0.15, 0.2) is 24.3 Å². The lowest BCUT2D eigenvalue weighted by atomic mass is 10.0. The normalized spacial score (nSPS) is 10.7. The summed E-state index contributed by atoms with van der Waals surface area (Å²) in [5.41, 5.74) is 1.36. The van der Waals surface area contributed by atoms with Gasteiger partial charge in [0.05, 0.1) is 6.61 Å². The molecule has 1 heteroatoms. The van der Waals surface area contributed by atoms with Crippen molar-refractivity contribution < 1.29 is 4.74 Å². The fourth-order valence-electron chi connectivity index (χ4n) is 1.45. The van der Waals surface area contributed by atoms with Crippen molar-refractivity contribution in [1.82, 2.24) is 0 Å². The zero-order valence-electron chi connectivity index (χ0n) is 10.0. The van der Waals surface area contributed by atoms with Crippen LogP contribution >= 0.6 is 0 Å². The van der Waals surface area contributed by atoms with Crippen molar-refractivity contribution in [3.05, 3.63) is 35.7 Å². The number of ether oxygens (including phenoxy) is 1. The predicted molar refractivity (Wildman–Crippen MR) is 65.1 cm³/mol. The van der Waals surface area contributed by atoms with Crippen molar-refractivity contribution >= 4 is 0 Å². The van der Waals surface area contributed by atoms with E-state index < -0.39 is 0 Å². The highest BCUT2D eigenvalue weighted by molar-refractivity contribution is 5.28. The number of hydrogen-bond donors (Lipinski definition) is 0. The lowest BCUT2D eigenvalue weighted by Crippen LogP contribution is -1.97. The molecule has 0 bridgehead atoms. The minimum Gasteiger partial charge on any atom is -0.494 e. The second kappa shape index (κ2) is 6.49. The predicted octanol–water partition coefficient (Wildman–Crippen LogP) is 4.02. The zero-order chi connectivity index (χ0) is 11.1. The molecule has 0 amide bonds. The maximum atomic E-state index is 5.60. The van der Waals surface area contributed by atoms with Gasteiger partial charge >= 0.3 is 0 Å². The molecular formula is C14H21O. The average molecular weight is 205 g/mol. The van der Waals surface area contributed by atoms with Crippen molar-refractivity contribution in [3.63, 3.8) is 0 Å². The molecule has 1 radical (unpaired) electrons. The van der Waals surface area contributed by atoms with Crippen LogP contribution in [-0.2, 0) is 6.42 Å². The largest absolute Gasteiger partial charge is 0.494 e. The van der Waals surface area contributed by atoms with Gasteiger partial charge in [-0.2, -0.15) is 0 Å². The summed E-state index contributed by atoms with van der Waals surface area (Å²) in [6.07, 6.45) is 3.38. The Morgan fingerprint density at radius 1 is 1.13 bits per heavy atom.